The summed E-state index contributed by atoms with van der Waals surface area (Å²) in [4.78, 5) is 13.1. The van der Waals surface area contributed by atoms with Crippen LogP contribution in [-0.4, -0.2) is 21.0 Å². The van der Waals surface area contributed by atoms with Gasteiger partial charge in [0.15, 0.2) is 0 Å². The molecule has 0 amide bonds. The van der Waals surface area contributed by atoms with E-state index in [1.165, 1.54) is 24.0 Å². The van der Waals surface area contributed by atoms with Crippen molar-refractivity contribution < 1.29 is 0 Å². The second-order valence-corrected chi connectivity index (χ2v) is 5.39. The zero-order valence-electron chi connectivity index (χ0n) is 12.1. The summed E-state index contributed by atoms with van der Waals surface area (Å²) in [6.07, 6.45) is 2.40. The molecule has 1 aromatic heterocycles. The molecule has 1 aliphatic rings. The van der Waals surface area contributed by atoms with Crippen molar-refractivity contribution in [1.29, 1.82) is 0 Å². The van der Waals surface area contributed by atoms with E-state index in [2.05, 4.69) is 57.6 Å². The minimum Gasteiger partial charge on any atom is -0.351 e. The highest BCUT2D eigenvalue weighted by Crippen LogP contribution is 2.24. The maximum atomic E-state index is 4.43. The van der Waals surface area contributed by atoms with Crippen LogP contribution in [0.2, 0.25) is 0 Å². The highest BCUT2D eigenvalue weighted by atomic mass is 15.2. The van der Waals surface area contributed by atoms with Gasteiger partial charge in [-0.15, -0.1) is 0 Å². The Labute approximate surface area is 118 Å². The Balaban J connectivity index is 1.83. The van der Waals surface area contributed by atoms with Gasteiger partial charge >= 0.3 is 0 Å². The van der Waals surface area contributed by atoms with Crippen LogP contribution >= 0.6 is 0 Å². The standard InChI is InChI=1S/C15H19N5/c1-9-4-7-13(10(2)8-9)19-15-17-11(3)16-14(20-15)18-12-5-6-12/h4,7-8,12H,5-6H2,1-3H3,(H2,16,17,18,19,20). The summed E-state index contributed by atoms with van der Waals surface area (Å²) in [5.41, 5.74) is 3.45. The summed E-state index contributed by atoms with van der Waals surface area (Å²) in [5.74, 6) is 1.97. The van der Waals surface area contributed by atoms with E-state index in [1.54, 1.807) is 0 Å². The van der Waals surface area contributed by atoms with E-state index in [9.17, 15) is 0 Å². The molecule has 0 bridgehead atoms. The van der Waals surface area contributed by atoms with Gasteiger partial charge in [0.05, 0.1) is 0 Å². The van der Waals surface area contributed by atoms with Crippen LogP contribution in [0.1, 0.15) is 29.8 Å². The lowest BCUT2D eigenvalue weighted by Crippen LogP contribution is -2.09. The van der Waals surface area contributed by atoms with E-state index in [-0.39, 0.29) is 0 Å². The predicted molar refractivity (Wildman–Crippen MR) is 80.4 cm³/mol. The first-order chi connectivity index (χ1) is 9.60. The lowest BCUT2D eigenvalue weighted by molar-refractivity contribution is 0.957. The van der Waals surface area contributed by atoms with Gasteiger partial charge < -0.3 is 10.6 Å². The molecule has 0 radical (unpaired) electrons. The van der Waals surface area contributed by atoms with Gasteiger partial charge in [-0.2, -0.15) is 15.0 Å². The summed E-state index contributed by atoms with van der Waals surface area (Å²) in [7, 11) is 0. The molecule has 2 aromatic rings. The second-order valence-electron chi connectivity index (χ2n) is 5.39. The van der Waals surface area contributed by atoms with Crippen molar-refractivity contribution in [3.05, 3.63) is 35.2 Å². The highest BCUT2D eigenvalue weighted by molar-refractivity contribution is 5.59. The Bertz CT molecular complexity index is 634. The number of rotatable bonds is 4. The van der Waals surface area contributed by atoms with Crippen LogP contribution < -0.4 is 10.6 Å². The largest absolute Gasteiger partial charge is 0.351 e. The van der Waals surface area contributed by atoms with Gasteiger partial charge in [-0.25, -0.2) is 0 Å². The molecule has 0 atom stereocenters. The topological polar surface area (TPSA) is 62.7 Å². The Morgan fingerprint density at radius 2 is 1.75 bits per heavy atom. The number of nitrogens with zero attached hydrogens (tertiary/aromatic N) is 3. The molecule has 0 aliphatic heterocycles. The van der Waals surface area contributed by atoms with E-state index in [0.29, 0.717) is 17.9 Å². The lowest BCUT2D eigenvalue weighted by Gasteiger charge is -2.10. The van der Waals surface area contributed by atoms with Crippen LogP contribution in [0.5, 0.6) is 0 Å². The normalized spacial score (nSPS) is 14.2. The molecule has 20 heavy (non-hydrogen) atoms. The molecular weight excluding hydrogens is 250 g/mol. The van der Waals surface area contributed by atoms with Crippen LogP contribution in [0.25, 0.3) is 0 Å². The summed E-state index contributed by atoms with van der Waals surface area (Å²) < 4.78 is 0. The van der Waals surface area contributed by atoms with E-state index >= 15 is 0 Å². The molecular formula is C15H19N5. The fourth-order valence-electron chi connectivity index (χ4n) is 2.09. The quantitative estimate of drug-likeness (QED) is 0.893. The summed E-state index contributed by atoms with van der Waals surface area (Å²) in [6, 6.07) is 6.80. The van der Waals surface area contributed by atoms with Gasteiger partial charge in [-0.1, -0.05) is 17.7 Å². The van der Waals surface area contributed by atoms with E-state index < -0.39 is 0 Å². The smallest absolute Gasteiger partial charge is 0.232 e. The Hall–Kier alpha value is -2.17. The SMILES string of the molecule is Cc1ccc(Nc2nc(C)nc(NC3CC3)n2)c(C)c1. The zero-order valence-corrected chi connectivity index (χ0v) is 12.1. The Kier molecular flexibility index (Phi) is 3.26. The van der Waals surface area contributed by atoms with Crippen molar-refractivity contribution in [1.82, 2.24) is 15.0 Å². The lowest BCUT2D eigenvalue weighted by atomic mass is 10.1. The van der Waals surface area contributed by atoms with Gasteiger partial charge in [0.25, 0.3) is 0 Å². The molecule has 1 fully saturated rings. The first-order valence-electron chi connectivity index (χ1n) is 6.93. The molecule has 0 saturated heterocycles. The average molecular weight is 269 g/mol. The minimum atomic E-state index is 0.533. The third kappa shape index (κ3) is 3.04. The number of hydrogen-bond acceptors (Lipinski definition) is 5. The molecule has 0 spiro atoms. The van der Waals surface area contributed by atoms with Gasteiger partial charge in [-0.05, 0) is 45.2 Å². The van der Waals surface area contributed by atoms with Crippen molar-refractivity contribution in [2.24, 2.45) is 0 Å². The molecule has 104 valence electrons. The maximum absolute atomic E-state index is 4.43. The molecule has 1 saturated carbocycles. The Morgan fingerprint density at radius 3 is 2.45 bits per heavy atom. The summed E-state index contributed by atoms with van der Waals surface area (Å²) >= 11 is 0. The van der Waals surface area contributed by atoms with Crippen LogP contribution in [-0.2, 0) is 0 Å². The fourth-order valence-corrected chi connectivity index (χ4v) is 2.09. The van der Waals surface area contributed by atoms with Crippen molar-refractivity contribution in [2.45, 2.75) is 39.7 Å². The molecule has 1 aromatic carbocycles. The van der Waals surface area contributed by atoms with Gasteiger partial charge in [0.1, 0.15) is 5.82 Å². The van der Waals surface area contributed by atoms with Crippen molar-refractivity contribution in [2.75, 3.05) is 10.6 Å². The van der Waals surface area contributed by atoms with E-state index in [4.69, 9.17) is 0 Å². The first-order valence-corrected chi connectivity index (χ1v) is 6.93. The third-order valence-corrected chi connectivity index (χ3v) is 3.29. The number of nitrogens with one attached hydrogen (secondary N) is 2. The monoisotopic (exact) mass is 269 g/mol. The zero-order chi connectivity index (χ0) is 14.1. The average Bonchev–Trinajstić information content (AvgIpc) is 3.16. The van der Waals surface area contributed by atoms with E-state index in [1.807, 2.05) is 6.92 Å². The summed E-state index contributed by atoms with van der Waals surface area (Å²) in [6.45, 7) is 6.04. The van der Waals surface area contributed by atoms with Crippen molar-refractivity contribution in [3.63, 3.8) is 0 Å². The maximum Gasteiger partial charge on any atom is 0.232 e. The number of anilines is 3. The molecule has 0 unspecified atom stereocenters. The van der Waals surface area contributed by atoms with Crippen LogP contribution in [0.3, 0.4) is 0 Å². The molecule has 5 heteroatoms. The molecule has 3 rings (SSSR count). The second kappa shape index (κ2) is 5.07. The predicted octanol–water partition coefficient (Wildman–Crippen LogP) is 3.11. The third-order valence-electron chi connectivity index (χ3n) is 3.29. The van der Waals surface area contributed by atoms with Crippen molar-refractivity contribution >= 4 is 17.6 Å². The molecule has 1 aliphatic carbocycles. The van der Waals surface area contributed by atoms with Gasteiger partial charge in [-0.3, -0.25) is 0 Å². The van der Waals surface area contributed by atoms with Crippen LogP contribution in [0, 0.1) is 20.8 Å². The molecule has 2 N–H and O–H groups in total. The number of aryl methyl sites for hydroxylation is 3. The number of benzene rings is 1. The Morgan fingerprint density at radius 1 is 1.00 bits per heavy atom. The molecule has 1 heterocycles. The van der Waals surface area contributed by atoms with Crippen molar-refractivity contribution in [3.8, 4) is 0 Å². The van der Waals surface area contributed by atoms with Crippen LogP contribution in [0.15, 0.2) is 18.2 Å². The first kappa shape index (κ1) is 12.8. The number of hydrogen-bond donors (Lipinski definition) is 2. The highest BCUT2D eigenvalue weighted by Gasteiger charge is 2.22. The molecule has 5 nitrogen and oxygen atoms in total. The van der Waals surface area contributed by atoms with Crippen LogP contribution in [0.4, 0.5) is 17.6 Å². The van der Waals surface area contributed by atoms with Gasteiger partial charge in [0, 0.05) is 11.7 Å². The summed E-state index contributed by atoms with van der Waals surface area (Å²) in [5, 5.41) is 6.58. The fraction of sp³-hybridized carbons (Fsp3) is 0.400. The van der Waals surface area contributed by atoms with Gasteiger partial charge in [0.2, 0.25) is 11.9 Å². The number of aromatic nitrogens is 3. The minimum absolute atomic E-state index is 0.533. The van der Waals surface area contributed by atoms with E-state index in [0.717, 1.165) is 11.5 Å².